The molecule has 2 aromatic heterocycles. The quantitative estimate of drug-likeness (QED) is 0.811. The average Bonchev–Trinajstić information content (AvgIpc) is 2.87. The lowest BCUT2D eigenvalue weighted by Crippen LogP contribution is -2.02. The van der Waals surface area contributed by atoms with Gasteiger partial charge in [-0.1, -0.05) is 10.4 Å². The van der Waals surface area contributed by atoms with Gasteiger partial charge in [0.15, 0.2) is 11.5 Å². The van der Waals surface area contributed by atoms with E-state index in [2.05, 4.69) is 20.5 Å². The van der Waals surface area contributed by atoms with Crippen LogP contribution in [0.5, 0.6) is 0 Å². The van der Waals surface area contributed by atoms with E-state index in [1.54, 1.807) is 0 Å². The Morgan fingerprint density at radius 1 is 1.59 bits per heavy atom. The fourth-order valence-electron chi connectivity index (χ4n) is 1.45. The molecule has 1 N–H and O–H groups in total. The van der Waals surface area contributed by atoms with Gasteiger partial charge in [0.2, 0.25) is 5.89 Å². The smallest absolute Gasteiger partial charge is 0.358 e. The van der Waals surface area contributed by atoms with Crippen LogP contribution in [0.15, 0.2) is 10.7 Å². The van der Waals surface area contributed by atoms with Crippen molar-refractivity contribution >= 4 is 5.97 Å². The maximum Gasteiger partial charge on any atom is 0.358 e. The zero-order valence-electron chi connectivity index (χ0n) is 8.78. The topological polar surface area (TPSA) is 107 Å². The summed E-state index contributed by atoms with van der Waals surface area (Å²) >= 11 is 0. The Bertz CT molecular complexity index is 556. The number of aromatic nitrogens is 5. The van der Waals surface area contributed by atoms with Gasteiger partial charge >= 0.3 is 5.97 Å². The molecule has 0 saturated heterocycles. The van der Waals surface area contributed by atoms with E-state index in [-0.39, 0.29) is 12.2 Å². The molecule has 8 nitrogen and oxygen atoms in total. The fraction of sp³-hybridized carbons (Fsp3) is 0.444. The predicted octanol–water partition coefficient (Wildman–Crippen LogP) is 0.285. The molecular weight excluding hydrogens is 226 g/mol. The summed E-state index contributed by atoms with van der Waals surface area (Å²) in [6.45, 7) is 0.260. The Labute approximate surface area is 95.2 Å². The number of carbonyl (C=O) groups is 1. The molecule has 1 aliphatic rings. The molecule has 0 spiro atoms. The molecule has 3 rings (SSSR count). The van der Waals surface area contributed by atoms with Crippen molar-refractivity contribution in [3.8, 4) is 0 Å². The van der Waals surface area contributed by atoms with Crippen molar-refractivity contribution in [1.82, 2.24) is 25.1 Å². The van der Waals surface area contributed by atoms with E-state index in [0.29, 0.717) is 17.6 Å². The standard InChI is InChI=1S/C9H9N5O3/c15-9(16)6-3-14(13-11-6)4-7-10-8(17-12-7)5-1-2-5/h3,5H,1-2,4H2,(H,15,16). The van der Waals surface area contributed by atoms with Crippen molar-refractivity contribution < 1.29 is 14.4 Å². The highest BCUT2D eigenvalue weighted by atomic mass is 16.5. The summed E-state index contributed by atoms with van der Waals surface area (Å²) < 4.78 is 6.44. The molecule has 0 bridgehead atoms. The SMILES string of the molecule is O=C(O)c1cn(Cc2noc(C3CC3)n2)nn1. The second-order valence-corrected chi connectivity index (χ2v) is 3.93. The number of hydrogen-bond acceptors (Lipinski definition) is 6. The van der Waals surface area contributed by atoms with Gasteiger partial charge in [-0.05, 0) is 12.8 Å². The van der Waals surface area contributed by atoms with Crippen LogP contribution in [0, 0.1) is 0 Å². The van der Waals surface area contributed by atoms with Crippen LogP contribution < -0.4 is 0 Å². The van der Waals surface area contributed by atoms with Gasteiger partial charge < -0.3 is 9.63 Å². The van der Waals surface area contributed by atoms with Gasteiger partial charge in [-0.2, -0.15) is 4.98 Å². The van der Waals surface area contributed by atoms with Gasteiger partial charge in [-0.15, -0.1) is 5.10 Å². The number of hydrogen-bond donors (Lipinski definition) is 1. The normalized spacial score (nSPS) is 15.1. The monoisotopic (exact) mass is 235 g/mol. The second-order valence-electron chi connectivity index (χ2n) is 3.93. The molecule has 88 valence electrons. The van der Waals surface area contributed by atoms with Crippen LogP contribution in [0.4, 0.5) is 0 Å². The molecule has 1 saturated carbocycles. The van der Waals surface area contributed by atoms with Crippen molar-refractivity contribution in [2.45, 2.75) is 25.3 Å². The second kappa shape index (κ2) is 3.65. The first-order chi connectivity index (χ1) is 8.22. The van der Waals surface area contributed by atoms with Crippen LogP contribution in [0.3, 0.4) is 0 Å². The maximum absolute atomic E-state index is 10.6. The first kappa shape index (κ1) is 9.94. The summed E-state index contributed by atoms with van der Waals surface area (Å²) in [4.78, 5) is 14.8. The third-order valence-corrected chi connectivity index (χ3v) is 2.47. The Balaban J connectivity index is 1.73. The highest BCUT2D eigenvalue weighted by Crippen LogP contribution is 2.38. The summed E-state index contributed by atoms with van der Waals surface area (Å²) in [5.41, 5.74) is -0.101. The van der Waals surface area contributed by atoms with Gasteiger partial charge in [0, 0.05) is 5.92 Å². The first-order valence-electron chi connectivity index (χ1n) is 5.18. The van der Waals surface area contributed by atoms with Crippen molar-refractivity contribution in [1.29, 1.82) is 0 Å². The summed E-state index contributed by atoms with van der Waals surface area (Å²) in [5.74, 6) is 0.428. The van der Waals surface area contributed by atoms with Crippen LogP contribution >= 0.6 is 0 Å². The summed E-state index contributed by atoms with van der Waals surface area (Å²) in [7, 11) is 0. The summed E-state index contributed by atoms with van der Waals surface area (Å²) in [5, 5.41) is 19.6. The van der Waals surface area contributed by atoms with Crippen molar-refractivity contribution in [3.05, 3.63) is 23.6 Å². The predicted molar refractivity (Wildman–Crippen MR) is 52.4 cm³/mol. The van der Waals surface area contributed by atoms with Crippen LogP contribution in [0.2, 0.25) is 0 Å². The van der Waals surface area contributed by atoms with E-state index in [9.17, 15) is 4.79 Å². The third kappa shape index (κ3) is 2.01. The highest BCUT2D eigenvalue weighted by Gasteiger charge is 2.29. The number of rotatable bonds is 4. The van der Waals surface area contributed by atoms with Crippen molar-refractivity contribution in [2.24, 2.45) is 0 Å². The molecule has 0 atom stereocenters. The molecule has 0 unspecified atom stereocenters. The van der Waals surface area contributed by atoms with Crippen LogP contribution in [0.25, 0.3) is 0 Å². The Kier molecular flexibility index (Phi) is 2.13. The lowest BCUT2D eigenvalue weighted by atomic mass is 10.4. The zero-order chi connectivity index (χ0) is 11.8. The number of aromatic carboxylic acids is 1. The zero-order valence-corrected chi connectivity index (χ0v) is 8.78. The van der Waals surface area contributed by atoms with E-state index in [0.717, 1.165) is 12.8 Å². The molecule has 2 heterocycles. The lowest BCUT2D eigenvalue weighted by Gasteiger charge is -1.91. The summed E-state index contributed by atoms with van der Waals surface area (Å²) in [6.07, 6.45) is 3.51. The van der Waals surface area contributed by atoms with Crippen molar-refractivity contribution in [2.75, 3.05) is 0 Å². The third-order valence-electron chi connectivity index (χ3n) is 2.47. The molecule has 1 aliphatic carbocycles. The van der Waals surface area contributed by atoms with E-state index in [1.165, 1.54) is 10.9 Å². The van der Waals surface area contributed by atoms with E-state index >= 15 is 0 Å². The van der Waals surface area contributed by atoms with Gasteiger partial charge in [0.25, 0.3) is 0 Å². The van der Waals surface area contributed by atoms with E-state index < -0.39 is 5.97 Å². The molecule has 1 fully saturated rings. The molecule has 8 heteroatoms. The Morgan fingerprint density at radius 3 is 3.06 bits per heavy atom. The molecule has 0 aliphatic heterocycles. The molecule has 0 aromatic carbocycles. The lowest BCUT2D eigenvalue weighted by molar-refractivity contribution is 0.0690. The van der Waals surface area contributed by atoms with Gasteiger partial charge in [0.05, 0.1) is 6.20 Å². The molecular formula is C9H9N5O3. The largest absolute Gasteiger partial charge is 0.476 e. The molecule has 17 heavy (non-hydrogen) atoms. The van der Waals surface area contributed by atoms with E-state index in [1.807, 2.05) is 0 Å². The molecule has 0 amide bonds. The minimum absolute atomic E-state index is 0.101. The fourth-order valence-corrected chi connectivity index (χ4v) is 1.45. The first-order valence-corrected chi connectivity index (χ1v) is 5.18. The summed E-state index contributed by atoms with van der Waals surface area (Å²) in [6, 6.07) is 0. The molecule has 2 aromatic rings. The van der Waals surface area contributed by atoms with Gasteiger partial charge in [-0.3, -0.25) is 0 Å². The number of carboxylic acid groups (broad SMARTS) is 1. The maximum atomic E-state index is 10.6. The average molecular weight is 235 g/mol. The minimum atomic E-state index is -1.11. The van der Waals surface area contributed by atoms with Gasteiger partial charge in [0.1, 0.15) is 6.54 Å². The Morgan fingerprint density at radius 2 is 2.41 bits per heavy atom. The van der Waals surface area contributed by atoms with Crippen LogP contribution in [-0.4, -0.2) is 36.2 Å². The van der Waals surface area contributed by atoms with Gasteiger partial charge in [-0.25, -0.2) is 9.48 Å². The van der Waals surface area contributed by atoms with Crippen LogP contribution in [-0.2, 0) is 6.54 Å². The van der Waals surface area contributed by atoms with Crippen molar-refractivity contribution in [3.63, 3.8) is 0 Å². The minimum Gasteiger partial charge on any atom is -0.476 e. The number of carboxylic acids is 1. The van der Waals surface area contributed by atoms with Crippen LogP contribution in [0.1, 0.15) is 41.0 Å². The molecule has 0 radical (unpaired) electrons. The number of nitrogens with zero attached hydrogens (tertiary/aromatic N) is 5. The Hall–Kier alpha value is -2.25. The highest BCUT2D eigenvalue weighted by molar-refractivity contribution is 5.84. The van der Waals surface area contributed by atoms with E-state index in [4.69, 9.17) is 9.63 Å².